The summed E-state index contributed by atoms with van der Waals surface area (Å²) < 4.78 is 14.2. The van der Waals surface area contributed by atoms with Crippen LogP contribution < -0.4 is 10.1 Å². The van der Waals surface area contributed by atoms with Crippen LogP contribution in [0.25, 0.3) is 10.9 Å². The molecule has 0 bridgehead atoms. The van der Waals surface area contributed by atoms with E-state index in [-0.39, 0.29) is 0 Å². The summed E-state index contributed by atoms with van der Waals surface area (Å²) in [5.74, 6) is 1.70. The smallest absolute Gasteiger partial charge is 0.466 e. The zero-order valence-corrected chi connectivity index (χ0v) is 17.8. The van der Waals surface area contributed by atoms with E-state index in [9.17, 15) is 0 Å². The third kappa shape index (κ3) is 9.43. The second-order valence-corrected chi connectivity index (χ2v) is 7.36. The van der Waals surface area contributed by atoms with Gasteiger partial charge in [0.2, 0.25) is 0 Å². The lowest BCUT2D eigenvalue weighted by molar-refractivity contribution is 0.275. The molecule has 1 atom stereocenters. The molecule has 0 aliphatic heterocycles. The van der Waals surface area contributed by atoms with Crippen molar-refractivity contribution >= 4 is 24.5 Å². The Morgan fingerprint density at radius 3 is 2.43 bits per heavy atom. The molecule has 4 N–H and O–H groups in total. The lowest BCUT2D eigenvalue weighted by Gasteiger charge is -2.20. The molecule has 0 amide bonds. The fraction of sp³-hybridized carbons (Fsp3) is 0.556. The van der Waals surface area contributed by atoms with E-state index >= 15 is 0 Å². The Morgan fingerprint density at radius 2 is 1.86 bits per heavy atom. The Kier molecular flexibility index (Phi) is 10.3. The molecule has 1 heterocycles. The van der Waals surface area contributed by atoms with Crippen molar-refractivity contribution in [1.29, 1.82) is 0 Å². The number of nitrogens with one attached hydrogen (secondary N) is 1. The van der Waals surface area contributed by atoms with Crippen LogP contribution in [-0.4, -0.2) is 62.3 Å². The van der Waals surface area contributed by atoms with Gasteiger partial charge in [-0.05, 0) is 57.6 Å². The Morgan fingerprint density at radius 1 is 1.21 bits per heavy atom. The molecule has 0 radical (unpaired) electrons. The topological polar surface area (TPSA) is 128 Å². The van der Waals surface area contributed by atoms with Crippen LogP contribution in [0.15, 0.2) is 24.5 Å². The predicted molar refractivity (Wildman–Crippen MR) is 110 cm³/mol. The molecule has 0 saturated carbocycles. The van der Waals surface area contributed by atoms with Gasteiger partial charge in [0, 0.05) is 11.4 Å². The molecule has 9 nitrogen and oxygen atoms in total. The summed E-state index contributed by atoms with van der Waals surface area (Å²) in [4.78, 5) is 32.7. The van der Waals surface area contributed by atoms with Crippen LogP contribution >= 0.6 is 7.82 Å². The van der Waals surface area contributed by atoms with E-state index in [4.69, 9.17) is 24.0 Å². The summed E-state index contributed by atoms with van der Waals surface area (Å²) in [6, 6.07) is 6.24. The number of ether oxygens (including phenoxy) is 1. The standard InChI is InChI=1S/C18H28N4O.H3O4P/c1-5-22(6-2)11-7-8-14(3)21-18-16-12-15(23-4)9-10-17(16)19-13-20-18;1-5(2,3)4/h9-10,12-14H,5-8,11H2,1-4H3,(H,19,20,21);(H3,1,2,3,4). The Balaban J connectivity index is 0.000000696. The van der Waals surface area contributed by atoms with Crippen LogP contribution in [0.1, 0.15) is 33.6 Å². The highest BCUT2D eigenvalue weighted by Crippen LogP contribution is 2.26. The van der Waals surface area contributed by atoms with Crippen LogP contribution in [0.2, 0.25) is 0 Å². The van der Waals surface area contributed by atoms with E-state index < -0.39 is 7.82 Å². The number of hydrogen-bond acceptors (Lipinski definition) is 6. The molecule has 0 saturated heterocycles. The predicted octanol–water partition coefficient (Wildman–Crippen LogP) is 2.63. The number of nitrogens with zero attached hydrogens (tertiary/aromatic N) is 3. The molecule has 0 aliphatic rings. The van der Waals surface area contributed by atoms with Gasteiger partial charge in [0.15, 0.2) is 0 Å². The lowest BCUT2D eigenvalue weighted by atomic mass is 10.1. The summed E-state index contributed by atoms with van der Waals surface area (Å²) in [7, 11) is -2.96. The molecule has 158 valence electrons. The van der Waals surface area contributed by atoms with Crippen LogP contribution in [0, 0.1) is 0 Å². The number of rotatable bonds is 9. The van der Waals surface area contributed by atoms with Crippen molar-refractivity contribution in [1.82, 2.24) is 14.9 Å². The zero-order valence-electron chi connectivity index (χ0n) is 16.9. The van der Waals surface area contributed by atoms with E-state index in [2.05, 4.69) is 41.0 Å². The number of fused-ring (bicyclic) bond motifs is 1. The fourth-order valence-corrected chi connectivity index (χ4v) is 2.74. The first-order valence-electron chi connectivity index (χ1n) is 9.23. The minimum Gasteiger partial charge on any atom is -0.497 e. The third-order valence-corrected chi connectivity index (χ3v) is 4.23. The maximum atomic E-state index is 8.88. The van der Waals surface area contributed by atoms with Gasteiger partial charge in [-0.1, -0.05) is 13.8 Å². The van der Waals surface area contributed by atoms with Crippen LogP contribution in [0.4, 0.5) is 5.82 Å². The van der Waals surface area contributed by atoms with Crippen molar-refractivity contribution in [2.75, 3.05) is 32.1 Å². The monoisotopic (exact) mass is 414 g/mol. The van der Waals surface area contributed by atoms with Gasteiger partial charge in [-0.25, -0.2) is 14.5 Å². The van der Waals surface area contributed by atoms with Crippen molar-refractivity contribution in [3.63, 3.8) is 0 Å². The van der Waals surface area contributed by atoms with E-state index in [1.54, 1.807) is 13.4 Å². The minimum absolute atomic E-state index is 0.370. The third-order valence-electron chi connectivity index (χ3n) is 4.23. The number of anilines is 1. The van der Waals surface area contributed by atoms with Gasteiger partial charge >= 0.3 is 7.82 Å². The zero-order chi connectivity index (χ0) is 21.2. The number of aromatic nitrogens is 2. The summed E-state index contributed by atoms with van der Waals surface area (Å²) in [5, 5.41) is 4.52. The summed E-state index contributed by atoms with van der Waals surface area (Å²) in [6.45, 7) is 10.0. The molecular formula is C18H31N4O5P. The average molecular weight is 414 g/mol. The van der Waals surface area contributed by atoms with Gasteiger partial charge in [-0.2, -0.15) is 0 Å². The summed E-state index contributed by atoms with van der Waals surface area (Å²) in [6.07, 6.45) is 3.91. The Bertz CT molecular complexity index is 758. The second-order valence-electron chi connectivity index (χ2n) is 6.33. The van der Waals surface area contributed by atoms with Gasteiger partial charge < -0.3 is 29.6 Å². The molecule has 1 aromatic carbocycles. The van der Waals surface area contributed by atoms with E-state index in [1.807, 2.05) is 18.2 Å². The highest BCUT2D eigenvalue weighted by Gasteiger charge is 2.09. The number of methoxy groups -OCH3 is 1. The van der Waals surface area contributed by atoms with Crippen LogP contribution in [0.5, 0.6) is 5.75 Å². The van der Waals surface area contributed by atoms with Crippen molar-refractivity contribution in [2.45, 2.75) is 39.7 Å². The molecule has 0 aliphatic carbocycles. The lowest BCUT2D eigenvalue weighted by Crippen LogP contribution is -2.25. The van der Waals surface area contributed by atoms with Gasteiger partial charge in [0.25, 0.3) is 0 Å². The van der Waals surface area contributed by atoms with Gasteiger partial charge in [0.1, 0.15) is 17.9 Å². The first kappa shape index (κ1) is 24.3. The first-order chi connectivity index (χ1) is 13.2. The molecule has 1 unspecified atom stereocenters. The van der Waals surface area contributed by atoms with Crippen LogP contribution in [-0.2, 0) is 4.57 Å². The minimum atomic E-state index is -4.64. The Hall–Kier alpha value is -1.77. The van der Waals surface area contributed by atoms with Crippen LogP contribution in [0.3, 0.4) is 0 Å². The molecule has 0 fully saturated rings. The maximum absolute atomic E-state index is 8.88. The van der Waals surface area contributed by atoms with E-state index in [0.717, 1.165) is 48.5 Å². The van der Waals surface area contributed by atoms with Crippen molar-refractivity contribution < 1.29 is 24.0 Å². The summed E-state index contributed by atoms with van der Waals surface area (Å²) >= 11 is 0. The molecule has 10 heteroatoms. The number of phosphoric acid groups is 1. The molecule has 28 heavy (non-hydrogen) atoms. The first-order valence-corrected chi connectivity index (χ1v) is 10.8. The number of hydrogen-bond donors (Lipinski definition) is 4. The molecule has 2 aromatic rings. The highest BCUT2D eigenvalue weighted by atomic mass is 31.2. The second kappa shape index (κ2) is 11.9. The largest absolute Gasteiger partial charge is 0.497 e. The Labute approximate surface area is 166 Å². The molecule has 0 spiro atoms. The average Bonchev–Trinajstić information content (AvgIpc) is 2.64. The van der Waals surface area contributed by atoms with Gasteiger partial charge in [-0.3, -0.25) is 0 Å². The summed E-state index contributed by atoms with van der Waals surface area (Å²) in [5.41, 5.74) is 0.929. The highest BCUT2D eigenvalue weighted by molar-refractivity contribution is 7.45. The van der Waals surface area contributed by atoms with Crippen molar-refractivity contribution in [3.05, 3.63) is 24.5 Å². The van der Waals surface area contributed by atoms with Gasteiger partial charge in [-0.15, -0.1) is 0 Å². The molecular weight excluding hydrogens is 383 g/mol. The van der Waals surface area contributed by atoms with E-state index in [0.29, 0.717) is 6.04 Å². The van der Waals surface area contributed by atoms with Crippen molar-refractivity contribution in [3.8, 4) is 5.75 Å². The number of benzene rings is 1. The molecule has 1 aromatic heterocycles. The van der Waals surface area contributed by atoms with E-state index in [1.165, 1.54) is 6.42 Å². The maximum Gasteiger partial charge on any atom is 0.466 e. The quantitative estimate of drug-likeness (QED) is 0.458. The fourth-order valence-electron chi connectivity index (χ4n) is 2.74. The van der Waals surface area contributed by atoms with Crippen molar-refractivity contribution in [2.24, 2.45) is 0 Å². The van der Waals surface area contributed by atoms with Gasteiger partial charge in [0.05, 0.1) is 12.6 Å². The normalized spacial score (nSPS) is 12.4. The SMILES string of the molecule is CCN(CC)CCCC(C)Nc1ncnc2ccc(OC)cc12.O=P(O)(O)O. The molecule has 2 rings (SSSR count).